The Morgan fingerprint density at radius 3 is 2.59 bits per heavy atom. The lowest BCUT2D eigenvalue weighted by molar-refractivity contribution is 0.0346. The largest absolute Gasteiger partial charge is 0.389 e. The molecule has 0 aromatic carbocycles. The fourth-order valence-corrected chi connectivity index (χ4v) is 1.48. The van der Waals surface area contributed by atoms with E-state index in [1.807, 2.05) is 0 Å². The fourth-order valence-electron chi connectivity index (χ4n) is 1.48. The Bertz CT molecular complexity index is 154. The number of aliphatic hydroxyl groups is 1. The monoisotopic (exact) mass is 247 g/mol. The summed E-state index contributed by atoms with van der Waals surface area (Å²) in [4.78, 5) is 0. The number of ether oxygens (including phenoxy) is 2. The van der Waals surface area contributed by atoms with E-state index in [1.165, 1.54) is 6.42 Å². The van der Waals surface area contributed by atoms with Crippen molar-refractivity contribution in [2.45, 2.75) is 39.2 Å². The quantitative estimate of drug-likeness (QED) is 0.512. The summed E-state index contributed by atoms with van der Waals surface area (Å²) < 4.78 is 10.3. The zero-order valence-corrected chi connectivity index (χ0v) is 11.6. The minimum absolute atomic E-state index is 0.406. The molecule has 0 bridgehead atoms. The van der Waals surface area contributed by atoms with Crippen LogP contribution in [0, 0.1) is 5.92 Å². The Balaban J connectivity index is 3.14. The Kier molecular flexibility index (Phi) is 12.2. The fraction of sp³-hybridized carbons (Fsp3) is 1.00. The minimum atomic E-state index is -0.406. The van der Waals surface area contributed by atoms with E-state index in [2.05, 4.69) is 19.2 Å². The molecule has 0 aliphatic rings. The van der Waals surface area contributed by atoms with E-state index in [0.717, 1.165) is 38.5 Å². The molecule has 0 spiro atoms. The topological polar surface area (TPSA) is 50.7 Å². The molecule has 104 valence electrons. The second-order valence-electron chi connectivity index (χ2n) is 4.82. The minimum Gasteiger partial charge on any atom is -0.389 e. The van der Waals surface area contributed by atoms with E-state index in [9.17, 15) is 5.11 Å². The third-order valence-corrected chi connectivity index (χ3v) is 2.46. The zero-order valence-electron chi connectivity index (χ0n) is 11.6. The standard InChI is InChI=1S/C13H29NO3/c1-12(2)6-4-9-17-11-13(15)10-14-7-5-8-16-3/h12-15H,4-11H2,1-3H3. The van der Waals surface area contributed by atoms with E-state index in [1.54, 1.807) is 7.11 Å². The lowest BCUT2D eigenvalue weighted by atomic mass is 10.1. The molecule has 17 heavy (non-hydrogen) atoms. The Hall–Kier alpha value is -0.160. The predicted octanol–water partition coefficient (Wildman–Crippen LogP) is 1.43. The van der Waals surface area contributed by atoms with Crippen molar-refractivity contribution in [2.75, 3.05) is 40.0 Å². The first-order valence-corrected chi connectivity index (χ1v) is 6.62. The van der Waals surface area contributed by atoms with Crippen molar-refractivity contribution in [3.05, 3.63) is 0 Å². The molecule has 1 atom stereocenters. The van der Waals surface area contributed by atoms with E-state index in [4.69, 9.17) is 9.47 Å². The molecule has 0 aliphatic carbocycles. The van der Waals surface area contributed by atoms with Crippen LogP contribution in [0.3, 0.4) is 0 Å². The first-order chi connectivity index (χ1) is 8.16. The van der Waals surface area contributed by atoms with E-state index in [0.29, 0.717) is 13.2 Å². The number of methoxy groups -OCH3 is 1. The van der Waals surface area contributed by atoms with Gasteiger partial charge < -0.3 is 19.9 Å². The molecule has 0 aromatic rings. The van der Waals surface area contributed by atoms with Crippen molar-refractivity contribution >= 4 is 0 Å². The van der Waals surface area contributed by atoms with Gasteiger partial charge in [0.1, 0.15) is 0 Å². The summed E-state index contributed by atoms with van der Waals surface area (Å²) in [5.74, 6) is 0.728. The summed E-state index contributed by atoms with van der Waals surface area (Å²) in [6.45, 7) is 7.81. The summed E-state index contributed by atoms with van der Waals surface area (Å²) in [5.41, 5.74) is 0. The van der Waals surface area contributed by atoms with E-state index < -0.39 is 6.10 Å². The maximum absolute atomic E-state index is 9.60. The van der Waals surface area contributed by atoms with Gasteiger partial charge >= 0.3 is 0 Å². The van der Waals surface area contributed by atoms with E-state index in [-0.39, 0.29) is 0 Å². The van der Waals surface area contributed by atoms with Gasteiger partial charge in [-0.05, 0) is 31.7 Å². The van der Waals surface area contributed by atoms with Gasteiger partial charge in [-0.25, -0.2) is 0 Å². The molecule has 0 aromatic heterocycles. The van der Waals surface area contributed by atoms with Crippen LogP contribution in [0.5, 0.6) is 0 Å². The van der Waals surface area contributed by atoms with Crippen LogP contribution in [-0.2, 0) is 9.47 Å². The molecule has 0 saturated heterocycles. The highest BCUT2D eigenvalue weighted by Crippen LogP contribution is 2.03. The molecule has 0 amide bonds. The molecule has 2 N–H and O–H groups in total. The molecular formula is C13H29NO3. The van der Waals surface area contributed by atoms with Gasteiger partial charge in [-0.15, -0.1) is 0 Å². The van der Waals surface area contributed by atoms with Crippen LogP contribution in [0.2, 0.25) is 0 Å². The predicted molar refractivity (Wildman–Crippen MR) is 70.3 cm³/mol. The van der Waals surface area contributed by atoms with Gasteiger partial charge in [-0.2, -0.15) is 0 Å². The third-order valence-electron chi connectivity index (χ3n) is 2.46. The number of aliphatic hydroxyl groups excluding tert-OH is 1. The molecule has 0 saturated carbocycles. The summed E-state index contributed by atoms with van der Waals surface area (Å²) in [5, 5.41) is 12.8. The van der Waals surface area contributed by atoms with Gasteiger partial charge in [0.2, 0.25) is 0 Å². The van der Waals surface area contributed by atoms with Crippen molar-refractivity contribution < 1.29 is 14.6 Å². The van der Waals surface area contributed by atoms with Gasteiger partial charge in [0.25, 0.3) is 0 Å². The smallest absolute Gasteiger partial charge is 0.0897 e. The van der Waals surface area contributed by atoms with Gasteiger partial charge in [0.05, 0.1) is 12.7 Å². The third kappa shape index (κ3) is 13.8. The second-order valence-corrected chi connectivity index (χ2v) is 4.82. The maximum atomic E-state index is 9.60. The highest BCUT2D eigenvalue weighted by Gasteiger charge is 2.03. The van der Waals surface area contributed by atoms with Gasteiger partial charge in [0.15, 0.2) is 0 Å². The van der Waals surface area contributed by atoms with Crippen molar-refractivity contribution in [1.82, 2.24) is 5.32 Å². The van der Waals surface area contributed by atoms with Crippen molar-refractivity contribution in [3.63, 3.8) is 0 Å². The summed E-state index contributed by atoms with van der Waals surface area (Å²) >= 11 is 0. The number of hydrogen-bond acceptors (Lipinski definition) is 4. The first-order valence-electron chi connectivity index (χ1n) is 6.62. The molecule has 4 nitrogen and oxygen atoms in total. The van der Waals surface area contributed by atoms with Gasteiger partial charge in [0, 0.05) is 26.9 Å². The molecular weight excluding hydrogens is 218 g/mol. The SMILES string of the molecule is COCCCNCC(O)COCCCC(C)C. The van der Waals surface area contributed by atoms with Crippen LogP contribution >= 0.6 is 0 Å². The molecule has 0 radical (unpaired) electrons. The van der Waals surface area contributed by atoms with Crippen LogP contribution in [-0.4, -0.2) is 51.2 Å². The van der Waals surface area contributed by atoms with Crippen LogP contribution in [0.1, 0.15) is 33.1 Å². The second kappa shape index (κ2) is 12.3. The molecule has 0 aliphatic heterocycles. The number of nitrogens with one attached hydrogen (secondary N) is 1. The van der Waals surface area contributed by atoms with Crippen molar-refractivity contribution in [1.29, 1.82) is 0 Å². The summed E-state index contributed by atoms with van der Waals surface area (Å²) in [6, 6.07) is 0. The lowest BCUT2D eigenvalue weighted by Crippen LogP contribution is -2.31. The average Bonchev–Trinajstić information content (AvgIpc) is 2.28. The first kappa shape index (κ1) is 16.8. The van der Waals surface area contributed by atoms with Crippen molar-refractivity contribution in [3.8, 4) is 0 Å². The Morgan fingerprint density at radius 2 is 1.94 bits per heavy atom. The van der Waals surface area contributed by atoms with Crippen LogP contribution in [0.15, 0.2) is 0 Å². The van der Waals surface area contributed by atoms with Crippen LogP contribution < -0.4 is 5.32 Å². The Labute approximate surface area is 106 Å². The normalized spacial score (nSPS) is 13.2. The van der Waals surface area contributed by atoms with E-state index >= 15 is 0 Å². The molecule has 4 heteroatoms. The van der Waals surface area contributed by atoms with Gasteiger partial charge in [-0.1, -0.05) is 13.8 Å². The number of rotatable bonds is 12. The van der Waals surface area contributed by atoms with Crippen LogP contribution in [0.4, 0.5) is 0 Å². The van der Waals surface area contributed by atoms with Crippen molar-refractivity contribution in [2.24, 2.45) is 5.92 Å². The average molecular weight is 247 g/mol. The van der Waals surface area contributed by atoms with Gasteiger partial charge in [-0.3, -0.25) is 0 Å². The molecule has 0 fully saturated rings. The molecule has 1 unspecified atom stereocenters. The zero-order chi connectivity index (χ0) is 12.9. The number of hydrogen-bond donors (Lipinski definition) is 2. The molecule has 0 heterocycles. The highest BCUT2D eigenvalue weighted by molar-refractivity contribution is 4.58. The Morgan fingerprint density at radius 1 is 1.18 bits per heavy atom. The highest BCUT2D eigenvalue weighted by atomic mass is 16.5. The maximum Gasteiger partial charge on any atom is 0.0897 e. The van der Waals surface area contributed by atoms with Crippen LogP contribution in [0.25, 0.3) is 0 Å². The molecule has 0 rings (SSSR count). The summed E-state index contributed by atoms with van der Waals surface area (Å²) in [6.07, 6.45) is 2.83. The lowest BCUT2D eigenvalue weighted by Gasteiger charge is -2.12. The summed E-state index contributed by atoms with van der Waals surface area (Å²) in [7, 11) is 1.69.